The molecule has 3 heterocycles. The number of rotatable bonds is 9. The monoisotopic (exact) mass is 620 g/mol. The van der Waals surface area contributed by atoms with E-state index in [1.165, 1.54) is 11.1 Å². The number of hydrogen-bond donors (Lipinski definition) is 0. The number of fused-ring (bicyclic) bond motifs is 4. The maximum Gasteiger partial charge on any atom is 0.243 e. The van der Waals surface area contributed by atoms with Crippen LogP contribution in [0, 0.1) is 11.8 Å². The van der Waals surface area contributed by atoms with Crippen LogP contribution >= 0.6 is 0 Å². The van der Waals surface area contributed by atoms with Crippen molar-refractivity contribution >= 4 is 10.0 Å². The van der Waals surface area contributed by atoms with Crippen molar-refractivity contribution in [1.82, 2.24) is 9.21 Å². The zero-order chi connectivity index (χ0) is 31.0. The molecule has 1 saturated heterocycles. The molecule has 0 saturated carbocycles. The predicted octanol–water partition coefficient (Wildman–Crippen LogP) is 6.04. The summed E-state index contributed by atoms with van der Waals surface area (Å²) in [7, 11) is 2.91. The molecule has 0 amide bonds. The third-order valence-corrected chi connectivity index (χ3v) is 12.1. The molecule has 4 atom stereocenters. The molecule has 6 rings (SSSR count). The van der Waals surface area contributed by atoms with Crippen LogP contribution in [0.5, 0.6) is 23.0 Å². The Labute approximate surface area is 261 Å². The van der Waals surface area contributed by atoms with Crippen molar-refractivity contribution < 1.29 is 27.4 Å². The molecule has 3 aromatic carbocycles. The smallest absolute Gasteiger partial charge is 0.243 e. The van der Waals surface area contributed by atoms with Gasteiger partial charge in [0.15, 0.2) is 23.0 Å². The number of sulfonamides is 1. The van der Waals surface area contributed by atoms with E-state index < -0.39 is 10.0 Å². The summed E-state index contributed by atoms with van der Waals surface area (Å²) < 4.78 is 52.9. The highest BCUT2D eigenvalue weighted by molar-refractivity contribution is 7.89. The molecule has 0 aromatic heterocycles. The van der Waals surface area contributed by atoms with Gasteiger partial charge >= 0.3 is 0 Å². The van der Waals surface area contributed by atoms with E-state index in [9.17, 15) is 8.42 Å². The summed E-state index contributed by atoms with van der Waals surface area (Å²) in [6.07, 6.45) is 4.34. The molecule has 0 spiro atoms. The summed E-state index contributed by atoms with van der Waals surface area (Å²) in [6, 6.07) is 17.1. The van der Waals surface area contributed by atoms with Gasteiger partial charge < -0.3 is 18.9 Å². The Morgan fingerprint density at radius 1 is 0.750 bits per heavy atom. The van der Waals surface area contributed by atoms with Crippen LogP contribution in [-0.2, 0) is 22.9 Å². The maximum atomic E-state index is 14.2. The number of nitrogens with zero attached hydrogens (tertiary/aromatic N) is 2. The summed E-state index contributed by atoms with van der Waals surface area (Å²) >= 11 is 0. The summed E-state index contributed by atoms with van der Waals surface area (Å²) in [6.45, 7) is 4.69. The summed E-state index contributed by atoms with van der Waals surface area (Å²) in [5.74, 6) is 3.59. The SMILES string of the molecule is CC[C@H]1CN2CCc3cc(OC)c(OC)cc3[C@@H]2C[C@@H]1C[C@@H]1c2cc(OC)c(OC)cc2CCN1S(=O)(=O)c1ccccc1. The topological polar surface area (TPSA) is 77.5 Å². The number of methoxy groups -OCH3 is 4. The van der Waals surface area contributed by atoms with E-state index in [0.29, 0.717) is 41.2 Å². The Hall–Kier alpha value is -3.27. The molecular formula is C35H44N2O6S. The second kappa shape index (κ2) is 12.6. The quantitative estimate of drug-likeness (QED) is 0.289. The third-order valence-electron chi connectivity index (χ3n) is 10.1. The molecule has 0 radical (unpaired) electrons. The van der Waals surface area contributed by atoms with Gasteiger partial charge in [-0.1, -0.05) is 31.5 Å². The van der Waals surface area contributed by atoms with Crippen molar-refractivity contribution in [3.63, 3.8) is 0 Å². The van der Waals surface area contributed by atoms with Gasteiger partial charge in [-0.05, 0) is 96.2 Å². The molecule has 0 bridgehead atoms. The standard InChI is InChI=1S/C35H44N2O6S/c1-6-23-22-36-14-12-24-18-32(40-2)34(42-4)20-28(24)30(36)16-26(23)17-31-29-21-35(43-5)33(41-3)19-25(29)13-15-37(31)44(38,39)27-10-8-7-9-11-27/h7-11,18-21,23,26,30-31H,6,12-17,22H2,1-5H3/t23-,26+,30-,31+/m0/s1. The second-order valence-corrected chi connectivity index (χ2v) is 14.1. The van der Waals surface area contributed by atoms with Gasteiger partial charge in [0.2, 0.25) is 10.0 Å². The normalized spacial score (nSPS) is 23.7. The minimum atomic E-state index is -3.73. The largest absolute Gasteiger partial charge is 0.493 e. The van der Waals surface area contributed by atoms with Gasteiger partial charge in [-0.15, -0.1) is 0 Å². The Morgan fingerprint density at radius 2 is 1.32 bits per heavy atom. The lowest BCUT2D eigenvalue weighted by molar-refractivity contribution is 0.0386. The summed E-state index contributed by atoms with van der Waals surface area (Å²) in [5, 5.41) is 0. The Morgan fingerprint density at radius 3 is 1.93 bits per heavy atom. The van der Waals surface area contributed by atoms with Crippen LogP contribution in [0.1, 0.15) is 60.5 Å². The molecule has 44 heavy (non-hydrogen) atoms. The summed E-state index contributed by atoms with van der Waals surface area (Å²) in [4.78, 5) is 2.96. The van der Waals surface area contributed by atoms with Crippen molar-refractivity contribution in [2.45, 2.75) is 56.0 Å². The van der Waals surface area contributed by atoms with Crippen molar-refractivity contribution in [2.24, 2.45) is 11.8 Å². The molecule has 3 aliphatic rings. The number of ether oxygens (including phenoxy) is 4. The first-order valence-corrected chi connectivity index (χ1v) is 17.1. The highest BCUT2D eigenvalue weighted by Gasteiger charge is 2.43. The van der Waals surface area contributed by atoms with E-state index in [2.05, 4.69) is 24.0 Å². The predicted molar refractivity (Wildman–Crippen MR) is 170 cm³/mol. The van der Waals surface area contributed by atoms with Gasteiger partial charge in [-0.25, -0.2) is 8.42 Å². The van der Waals surface area contributed by atoms with E-state index >= 15 is 0 Å². The van der Waals surface area contributed by atoms with Crippen molar-refractivity contribution in [2.75, 3.05) is 48.1 Å². The van der Waals surface area contributed by atoms with Gasteiger partial charge in [-0.3, -0.25) is 4.90 Å². The van der Waals surface area contributed by atoms with Gasteiger partial charge in [0, 0.05) is 25.7 Å². The van der Waals surface area contributed by atoms with Crippen LogP contribution in [0.4, 0.5) is 0 Å². The minimum Gasteiger partial charge on any atom is -0.493 e. The van der Waals surface area contributed by atoms with E-state index in [1.807, 2.05) is 18.2 Å². The Kier molecular flexibility index (Phi) is 8.81. The van der Waals surface area contributed by atoms with Crippen LogP contribution in [0.15, 0.2) is 59.5 Å². The van der Waals surface area contributed by atoms with Crippen LogP contribution < -0.4 is 18.9 Å². The lowest BCUT2D eigenvalue weighted by Crippen LogP contribution is -2.47. The zero-order valence-corrected chi connectivity index (χ0v) is 27.2. The first-order chi connectivity index (χ1) is 21.3. The first-order valence-electron chi connectivity index (χ1n) is 15.6. The highest BCUT2D eigenvalue weighted by Crippen LogP contribution is 2.50. The van der Waals surface area contributed by atoms with E-state index in [4.69, 9.17) is 18.9 Å². The van der Waals surface area contributed by atoms with Crippen molar-refractivity contribution in [3.8, 4) is 23.0 Å². The molecule has 3 aliphatic heterocycles. The van der Waals surface area contributed by atoms with Gasteiger partial charge in [-0.2, -0.15) is 4.31 Å². The third kappa shape index (κ3) is 5.43. The molecule has 9 heteroatoms. The lowest BCUT2D eigenvalue weighted by Gasteiger charge is -2.49. The van der Waals surface area contributed by atoms with Gasteiger partial charge in [0.25, 0.3) is 0 Å². The minimum absolute atomic E-state index is 0.249. The molecule has 236 valence electrons. The first kappa shape index (κ1) is 30.7. The molecule has 1 fully saturated rings. The fraction of sp³-hybridized carbons (Fsp3) is 0.486. The average molecular weight is 621 g/mol. The second-order valence-electron chi connectivity index (χ2n) is 12.2. The molecule has 3 aromatic rings. The van der Waals surface area contributed by atoms with Crippen LogP contribution in [0.25, 0.3) is 0 Å². The Balaban J connectivity index is 1.40. The van der Waals surface area contributed by atoms with Gasteiger partial charge in [0.1, 0.15) is 0 Å². The molecule has 0 unspecified atom stereocenters. The highest BCUT2D eigenvalue weighted by atomic mass is 32.2. The van der Waals surface area contributed by atoms with Gasteiger partial charge in [0.05, 0.1) is 39.4 Å². The van der Waals surface area contributed by atoms with E-state index in [0.717, 1.165) is 61.4 Å². The molecule has 0 N–H and O–H groups in total. The fourth-order valence-electron chi connectivity index (χ4n) is 7.81. The number of hydrogen-bond acceptors (Lipinski definition) is 7. The molecule has 8 nitrogen and oxygen atoms in total. The maximum absolute atomic E-state index is 14.2. The van der Waals surface area contributed by atoms with Crippen LogP contribution in [0.3, 0.4) is 0 Å². The average Bonchev–Trinajstić information content (AvgIpc) is 3.06. The van der Waals surface area contributed by atoms with E-state index in [-0.39, 0.29) is 12.1 Å². The lowest BCUT2D eigenvalue weighted by atomic mass is 9.72. The van der Waals surface area contributed by atoms with E-state index in [1.54, 1.807) is 57.0 Å². The van der Waals surface area contributed by atoms with Crippen molar-refractivity contribution in [3.05, 3.63) is 76.9 Å². The van der Waals surface area contributed by atoms with Crippen LogP contribution in [0.2, 0.25) is 0 Å². The number of piperidine rings is 1. The fourth-order valence-corrected chi connectivity index (χ4v) is 9.45. The summed E-state index contributed by atoms with van der Waals surface area (Å²) in [5.41, 5.74) is 4.75. The molecule has 0 aliphatic carbocycles. The van der Waals surface area contributed by atoms with Crippen LogP contribution in [-0.4, -0.2) is 65.7 Å². The zero-order valence-electron chi connectivity index (χ0n) is 26.4. The Bertz CT molecular complexity index is 1590. The van der Waals surface area contributed by atoms with Crippen molar-refractivity contribution in [1.29, 1.82) is 0 Å². The number of benzene rings is 3. The molecular weight excluding hydrogens is 576 g/mol.